The van der Waals surface area contributed by atoms with Gasteiger partial charge in [-0.1, -0.05) is 0 Å². The zero-order valence-corrected chi connectivity index (χ0v) is 15.5. The number of rotatable bonds is 4. The number of hydrogen-bond acceptors (Lipinski definition) is 5. The third-order valence-corrected chi connectivity index (χ3v) is 4.85. The highest BCUT2D eigenvalue weighted by Gasteiger charge is 2.24. The zero-order chi connectivity index (χ0) is 21.4. The Hall–Kier alpha value is -4.08. The summed E-state index contributed by atoms with van der Waals surface area (Å²) in [6.07, 6.45) is 1.01. The van der Waals surface area contributed by atoms with Crippen LogP contribution in [0.4, 0.5) is 21.5 Å². The van der Waals surface area contributed by atoms with Gasteiger partial charge in [-0.2, -0.15) is 0 Å². The van der Waals surface area contributed by atoms with Gasteiger partial charge in [-0.3, -0.25) is 24.5 Å². The fourth-order valence-corrected chi connectivity index (χ4v) is 3.45. The summed E-state index contributed by atoms with van der Waals surface area (Å²) in [6.45, 7) is 0.430. The van der Waals surface area contributed by atoms with Crippen molar-refractivity contribution in [3.05, 3.63) is 74.3 Å². The number of halogens is 1. The van der Waals surface area contributed by atoms with Gasteiger partial charge in [0.25, 0.3) is 11.6 Å². The number of anilines is 2. The number of nitrogens with zero attached hydrogens (tertiary/aromatic N) is 2. The lowest BCUT2D eigenvalue weighted by molar-refractivity contribution is -0.384. The Morgan fingerprint density at radius 3 is 2.63 bits per heavy atom. The van der Waals surface area contributed by atoms with Gasteiger partial charge in [-0.25, -0.2) is 4.39 Å². The standard InChI is InChI=1S/C20H15FN4O5/c21-15-8-11(3-6-17(15)24-7-1-2-19(24)27)22-20(28)14-10-18(26)23-16-5-4-12(25(29)30)9-13(14)16/h3-6,8-10H,1-2,7H2,(H,22,28)(H,23,26). The predicted molar refractivity (Wildman–Crippen MR) is 107 cm³/mol. The number of carbonyl (C=O) groups is 2. The van der Waals surface area contributed by atoms with Gasteiger partial charge >= 0.3 is 0 Å². The normalized spacial score (nSPS) is 13.6. The van der Waals surface area contributed by atoms with Crippen molar-refractivity contribution in [3.63, 3.8) is 0 Å². The molecule has 0 spiro atoms. The fourth-order valence-electron chi connectivity index (χ4n) is 3.45. The Balaban J connectivity index is 1.67. The molecule has 2 N–H and O–H groups in total. The second-order valence-corrected chi connectivity index (χ2v) is 6.80. The van der Waals surface area contributed by atoms with Crippen LogP contribution in [0.25, 0.3) is 10.9 Å². The lowest BCUT2D eigenvalue weighted by atomic mass is 10.1. The second-order valence-electron chi connectivity index (χ2n) is 6.80. The Labute approximate surface area is 168 Å². The smallest absolute Gasteiger partial charge is 0.270 e. The molecular formula is C20H15FN4O5. The number of aromatic nitrogens is 1. The van der Waals surface area contributed by atoms with E-state index in [1.807, 2.05) is 0 Å². The first-order valence-corrected chi connectivity index (χ1v) is 9.06. The van der Waals surface area contributed by atoms with Crippen molar-refractivity contribution in [3.8, 4) is 0 Å². The van der Waals surface area contributed by atoms with Crippen molar-refractivity contribution < 1.29 is 18.9 Å². The Kier molecular flexibility index (Phi) is 4.74. The first kappa shape index (κ1) is 19.2. The second kappa shape index (κ2) is 7.39. The summed E-state index contributed by atoms with van der Waals surface area (Å²) in [7, 11) is 0. The van der Waals surface area contributed by atoms with Crippen LogP contribution in [-0.2, 0) is 4.79 Å². The third-order valence-electron chi connectivity index (χ3n) is 4.85. The maximum Gasteiger partial charge on any atom is 0.270 e. The molecule has 10 heteroatoms. The average molecular weight is 410 g/mol. The minimum Gasteiger partial charge on any atom is -0.322 e. The van der Waals surface area contributed by atoms with Crippen LogP contribution in [0.5, 0.6) is 0 Å². The van der Waals surface area contributed by atoms with Crippen molar-refractivity contribution in [1.82, 2.24) is 4.98 Å². The maximum atomic E-state index is 14.5. The fraction of sp³-hybridized carbons (Fsp3) is 0.150. The van der Waals surface area contributed by atoms with Gasteiger partial charge in [0.2, 0.25) is 11.5 Å². The number of H-pyrrole nitrogens is 1. The topological polar surface area (TPSA) is 125 Å². The number of nitrogens with one attached hydrogen (secondary N) is 2. The molecule has 0 radical (unpaired) electrons. The summed E-state index contributed by atoms with van der Waals surface area (Å²) in [5.74, 6) is -1.56. The molecule has 1 aliphatic rings. The summed E-state index contributed by atoms with van der Waals surface area (Å²) in [6, 6.07) is 8.68. The molecule has 0 aliphatic carbocycles. The molecule has 0 saturated carbocycles. The van der Waals surface area contributed by atoms with E-state index in [2.05, 4.69) is 10.3 Å². The molecule has 1 fully saturated rings. The summed E-state index contributed by atoms with van der Waals surface area (Å²) >= 11 is 0. The highest BCUT2D eigenvalue weighted by molar-refractivity contribution is 6.12. The molecule has 4 rings (SSSR count). The minimum absolute atomic E-state index is 0.0864. The molecule has 3 aromatic rings. The van der Waals surface area contributed by atoms with E-state index in [4.69, 9.17) is 0 Å². The number of nitro groups is 1. The summed E-state index contributed by atoms with van der Waals surface area (Å²) in [4.78, 5) is 50.8. The number of fused-ring (bicyclic) bond motifs is 1. The molecular weight excluding hydrogens is 395 g/mol. The highest BCUT2D eigenvalue weighted by atomic mass is 19.1. The number of hydrogen-bond donors (Lipinski definition) is 2. The molecule has 0 atom stereocenters. The summed E-state index contributed by atoms with van der Waals surface area (Å²) in [5, 5.41) is 13.7. The minimum atomic E-state index is -0.726. The van der Waals surface area contributed by atoms with Crippen LogP contribution in [0.15, 0.2) is 47.3 Å². The van der Waals surface area contributed by atoms with E-state index in [-0.39, 0.29) is 39.4 Å². The van der Waals surface area contributed by atoms with Crippen molar-refractivity contribution >= 4 is 39.8 Å². The van der Waals surface area contributed by atoms with Gasteiger partial charge in [-0.15, -0.1) is 0 Å². The number of nitro benzene ring substituents is 1. The van der Waals surface area contributed by atoms with Crippen molar-refractivity contribution in [2.45, 2.75) is 12.8 Å². The first-order chi connectivity index (χ1) is 14.3. The number of non-ortho nitro benzene ring substituents is 1. The lowest BCUT2D eigenvalue weighted by Crippen LogP contribution is -2.24. The van der Waals surface area contributed by atoms with Crippen LogP contribution in [0.3, 0.4) is 0 Å². The molecule has 152 valence electrons. The molecule has 1 saturated heterocycles. The predicted octanol–water partition coefficient (Wildman–Crippen LogP) is 2.95. The van der Waals surface area contributed by atoms with E-state index >= 15 is 0 Å². The van der Waals surface area contributed by atoms with Crippen LogP contribution in [0.1, 0.15) is 23.2 Å². The molecule has 2 aromatic carbocycles. The third kappa shape index (κ3) is 3.50. The summed E-state index contributed by atoms with van der Waals surface area (Å²) < 4.78 is 14.5. The average Bonchev–Trinajstić information content (AvgIpc) is 3.12. The quantitative estimate of drug-likeness (QED) is 0.505. The van der Waals surface area contributed by atoms with Crippen LogP contribution >= 0.6 is 0 Å². The van der Waals surface area contributed by atoms with Gasteiger partial charge in [0.05, 0.1) is 16.2 Å². The molecule has 1 aliphatic heterocycles. The SMILES string of the molecule is O=C(Nc1ccc(N2CCCC2=O)c(F)c1)c1cc(=O)[nH]c2ccc([N+](=O)[O-])cc12. The first-order valence-electron chi connectivity index (χ1n) is 9.06. The van der Waals surface area contributed by atoms with Crippen LogP contribution in [0.2, 0.25) is 0 Å². The highest BCUT2D eigenvalue weighted by Crippen LogP contribution is 2.28. The van der Waals surface area contributed by atoms with Crippen LogP contribution < -0.4 is 15.8 Å². The van der Waals surface area contributed by atoms with Crippen molar-refractivity contribution in [2.24, 2.45) is 0 Å². The van der Waals surface area contributed by atoms with Crippen molar-refractivity contribution in [2.75, 3.05) is 16.8 Å². The molecule has 0 bridgehead atoms. The molecule has 30 heavy (non-hydrogen) atoms. The van der Waals surface area contributed by atoms with E-state index < -0.39 is 22.2 Å². The zero-order valence-electron chi connectivity index (χ0n) is 15.5. The molecule has 2 heterocycles. The van der Waals surface area contributed by atoms with Crippen LogP contribution in [0, 0.1) is 15.9 Å². The van der Waals surface area contributed by atoms with Gasteiger partial charge in [0, 0.05) is 47.8 Å². The lowest BCUT2D eigenvalue weighted by Gasteiger charge is -2.17. The van der Waals surface area contributed by atoms with E-state index in [0.29, 0.717) is 19.4 Å². The number of benzene rings is 2. The number of amides is 2. The van der Waals surface area contributed by atoms with Crippen LogP contribution in [-0.4, -0.2) is 28.3 Å². The number of aromatic amines is 1. The number of carbonyl (C=O) groups excluding carboxylic acids is 2. The Morgan fingerprint density at radius 2 is 1.97 bits per heavy atom. The Bertz CT molecular complexity index is 1270. The summed E-state index contributed by atoms with van der Waals surface area (Å²) in [5.41, 5.74) is -0.381. The molecule has 9 nitrogen and oxygen atoms in total. The molecule has 2 amide bonds. The largest absolute Gasteiger partial charge is 0.322 e. The van der Waals surface area contributed by atoms with Crippen molar-refractivity contribution in [1.29, 1.82) is 0 Å². The maximum absolute atomic E-state index is 14.5. The molecule has 1 aromatic heterocycles. The van der Waals surface area contributed by atoms with Gasteiger partial charge in [0.1, 0.15) is 5.82 Å². The van der Waals surface area contributed by atoms with Gasteiger partial charge in [-0.05, 0) is 30.7 Å². The molecule has 0 unspecified atom stereocenters. The monoisotopic (exact) mass is 410 g/mol. The van der Waals surface area contributed by atoms with E-state index in [1.165, 1.54) is 35.2 Å². The van der Waals surface area contributed by atoms with E-state index in [1.54, 1.807) is 0 Å². The van der Waals surface area contributed by atoms with Gasteiger partial charge < -0.3 is 15.2 Å². The van der Waals surface area contributed by atoms with Gasteiger partial charge in [0.15, 0.2) is 0 Å². The Morgan fingerprint density at radius 1 is 1.17 bits per heavy atom. The van der Waals surface area contributed by atoms with E-state index in [0.717, 1.165) is 12.1 Å². The number of pyridine rings is 1. The van der Waals surface area contributed by atoms with E-state index in [9.17, 15) is 28.9 Å².